The van der Waals surface area contributed by atoms with Crippen molar-refractivity contribution in [2.24, 2.45) is 0 Å². The van der Waals surface area contributed by atoms with Gasteiger partial charge in [0, 0.05) is 12.1 Å². The Labute approximate surface area is 148 Å². The molecule has 3 heterocycles. The Hall–Kier alpha value is -3.35. The number of rotatable bonds is 4. The molecule has 0 spiro atoms. The molecule has 0 aliphatic carbocycles. The molecule has 0 fully saturated rings. The largest absolute Gasteiger partial charge is 0.463 e. The highest BCUT2D eigenvalue weighted by molar-refractivity contribution is 5.82. The molecule has 0 aliphatic heterocycles. The molecule has 132 valence electrons. The minimum absolute atomic E-state index is 0.139. The van der Waals surface area contributed by atoms with E-state index >= 15 is 0 Å². The summed E-state index contributed by atoms with van der Waals surface area (Å²) in [5.41, 5.74) is 2.52. The lowest BCUT2D eigenvalue weighted by molar-refractivity contribution is -0.122. The summed E-state index contributed by atoms with van der Waals surface area (Å²) in [5, 5.41) is 7.18. The third-order valence-electron chi connectivity index (χ3n) is 4.44. The molecule has 0 radical (unpaired) electrons. The van der Waals surface area contributed by atoms with Crippen molar-refractivity contribution >= 4 is 22.5 Å². The van der Waals surface area contributed by atoms with E-state index in [0.29, 0.717) is 16.9 Å². The van der Waals surface area contributed by atoms with Crippen molar-refractivity contribution in [1.29, 1.82) is 0 Å². The first-order valence-electron chi connectivity index (χ1n) is 8.35. The summed E-state index contributed by atoms with van der Waals surface area (Å²) in [4.78, 5) is 25.1. The van der Waals surface area contributed by atoms with Gasteiger partial charge in [-0.25, -0.2) is 4.68 Å². The lowest BCUT2D eigenvalue weighted by Crippen LogP contribution is -2.36. The fourth-order valence-electron chi connectivity index (χ4n) is 3.18. The number of nitrogens with zero attached hydrogens (tertiary/aromatic N) is 3. The van der Waals surface area contributed by atoms with E-state index in [1.54, 1.807) is 29.7 Å². The quantitative estimate of drug-likeness (QED) is 0.613. The highest BCUT2D eigenvalue weighted by Gasteiger charge is 2.16. The highest BCUT2D eigenvalue weighted by Crippen LogP contribution is 2.20. The molecule has 7 heteroatoms. The van der Waals surface area contributed by atoms with Gasteiger partial charge in [-0.05, 0) is 19.4 Å². The van der Waals surface area contributed by atoms with E-state index in [1.807, 2.05) is 37.3 Å². The van der Waals surface area contributed by atoms with Crippen molar-refractivity contribution in [2.45, 2.75) is 26.4 Å². The zero-order valence-electron chi connectivity index (χ0n) is 14.5. The number of benzene rings is 1. The van der Waals surface area contributed by atoms with E-state index < -0.39 is 0 Å². The van der Waals surface area contributed by atoms with Crippen LogP contribution in [0.5, 0.6) is 0 Å². The smallest absolute Gasteiger partial charge is 0.291 e. The normalized spacial score (nSPS) is 12.5. The van der Waals surface area contributed by atoms with Crippen LogP contribution in [0.3, 0.4) is 0 Å². The number of fused-ring (bicyclic) bond motifs is 3. The minimum Gasteiger partial charge on any atom is -0.463 e. The number of amides is 1. The van der Waals surface area contributed by atoms with Crippen LogP contribution in [0.15, 0.2) is 57.9 Å². The average Bonchev–Trinajstić information content (AvgIpc) is 3.21. The second-order valence-corrected chi connectivity index (χ2v) is 6.24. The van der Waals surface area contributed by atoms with Crippen molar-refractivity contribution in [2.75, 3.05) is 0 Å². The maximum atomic E-state index is 12.7. The first-order valence-corrected chi connectivity index (χ1v) is 8.35. The van der Waals surface area contributed by atoms with Crippen LogP contribution in [-0.4, -0.2) is 20.1 Å². The van der Waals surface area contributed by atoms with Crippen LogP contribution in [0, 0.1) is 6.92 Å². The predicted molar refractivity (Wildman–Crippen MR) is 97.0 cm³/mol. The van der Waals surface area contributed by atoms with Crippen LogP contribution in [0.2, 0.25) is 0 Å². The zero-order chi connectivity index (χ0) is 18.3. The van der Waals surface area contributed by atoms with E-state index in [9.17, 15) is 9.59 Å². The van der Waals surface area contributed by atoms with Gasteiger partial charge in [-0.2, -0.15) is 5.10 Å². The van der Waals surface area contributed by atoms with Crippen molar-refractivity contribution < 1.29 is 9.21 Å². The number of aryl methyl sites for hydroxylation is 1. The third kappa shape index (κ3) is 2.67. The third-order valence-corrected chi connectivity index (χ3v) is 4.44. The first-order chi connectivity index (χ1) is 12.5. The van der Waals surface area contributed by atoms with E-state index in [1.165, 1.54) is 4.68 Å². The Bertz CT molecular complexity index is 1150. The van der Waals surface area contributed by atoms with E-state index in [4.69, 9.17) is 4.42 Å². The van der Waals surface area contributed by atoms with Crippen molar-refractivity contribution in [3.8, 4) is 0 Å². The zero-order valence-corrected chi connectivity index (χ0v) is 14.5. The van der Waals surface area contributed by atoms with E-state index in [2.05, 4.69) is 10.4 Å². The Kier molecular flexibility index (Phi) is 3.84. The molecule has 0 saturated carbocycles. The summed E-state index contributed by atoms with van der Waals surface area (Å²) in [5.74, 6) is 0.342. The molecule has 1 aromatic carbocycles. The van der Waals surface area contributed by atoms with Gasteiger partial charge >= 0.3 is 0 Å². The molecule has 4 rings (SSSR count). The van der Waals surface area contributed by atoms with Crippen LogP contribution in [0.25, 0.3) is 16.6 Å². The molecular formula is C19H18N4O3. The van der Waals surface area contributed by atoms with Gasteiger partial charge in [-0.15, -0.1) is 0 Å². The summed E-state index contributed by atoms with van der Waals surface area (Å²) in [6, 6.07) is 13.0. The average molecular weight is 350 g/mol. The number of aromatic nitrogens is 3. The summed E-state index contributed by atoms with van der Waals surface area (Å²) < 4.78 is 8.29. The molecule has 4 aromatic rings. The molecule has 0 unspecified atom stereocenters. The monoisotopic (exact) mass is 350 g/mol. The van der Waals surface area contributed by atoms with E-state index in [-0.39, 0.29) is 24.1 Å². The summed E-state index contributed by atoms with van der Waals surface area (Å²) in [7, 11) is 0. The Morgan fingerprint density at radius 1 is 1.23 bits per heavy atom. The first kappa shape index (κ1) is 16.1. The molecule has 26 heavy (non-hydrogen) atoms. The topological polar surface area (TPSA) is 81.5 Å². The van der Waals surface area contributed by atoms with Crippen molar-refractivity contribution in [3.63, 3.8) is 0 Å². The Morgan fingerprint density at radius 2 is 2.00 bits per heavy atom. The standard InChI is InChI=1S/C19H18N4O3/c1-12(14-6-4-3-5-7-14)20-18(24)11-22-19(25)16-10-17-15(8-9-26-17)23(16)13(2)21-22/h3-10,12H,11H2,1-2H3,(H,20,24)/t12-/m1/s1. The van der Waals surface area contributed by atoms with Crippen LogP contribution in [-0.2, 0) is 11.3 Å². The lowest BCUT2D eigenvalue weighted by atomic mass is 10.1. The second-order valence-electron chi connectivity index (χ2n) is 6.24. The maximum Gasteiger partial charge on any atom is 0.291 e. The van der Waals surface area contributed by atoms with Gasteiger partial charge in [0.25, 0.3) is 5.56 Å². The molecule has 1 atom stereocenters. The van der Waals surface area contributed by atoms with Crippen LogP contribution in [0.1, 0.15) is 24.4 Å². The fourth-order valence-corrected chi connectivity index (χ4v) is 3.18. The molecule has 0 bridgehead atoms. The van der Waals surface area contributed by atoms with Gasteiger partial charge in [-0.3, -0.25) is 14.0 Å². The molecule has 0 aliphatic rings. The Morgan fingerprint density at radius 3 is 2.77 bits per heavy atom. The van der Waals surface area contributed by atoms with Gasteiger partial charge in [0.05, 0.1) is 17.8 Å². The molecule has 0 saturated heterocycles. The van der Waals surface area contributed by atoms with Crippen LogP contribution in [0.4, 0.5) is 0 Å². The number of nitrogens with one attached hydrogen (secondary N) is 1. The lowest BCUT2D eigenvalue weighted by Gasteiger charge is -2.15. The molecule has 7 nitrogen and oxygen atoms in total. The fraction of sp³-hybridized carbons (Fsp3) is 0.211. The van der Waals surface area contributed by atoms with Crippen LogP contribution < -0.4 is 10.9 Å². The Balaban J connectivity index is 1.62. The minimum atomic E-state index is -0.329. The van der Waals surface area contributed by atoms with Gasteiger partial charge in [0.2, 0.25) is 5.91 Å². The van der Waals surface area contributed by atoms with Crippen molar-refractivity contribution in [1.82, 2.24) is 19.5 Å². The van der Waals surface area contributed by atoms with Gasteiger partial charge in [0.1, 0.15) is 17.9 Å². The summed E-state index contributed by atoms with van der Waals surface area (Å²) >= 11 is 0. The SMILES string of the molecule is Cc1nn(CC(=O)N[C@H](C)c2ccccc2)c(=O)c2cc3occc3n12. The molecular weight excluding hydrogens is 332 g/mol. The van der Waals surface area contributed by atoms with Crippen molar-refractivity contribution in [3.05, 3.63) is 70.5 Å². The number of hydrogen-bond acceptors (Lipinski definition) is 4. The van der Waals surface area contributed by atoms with Crippen LogP contribution >= 0.6 is 0 Å². The predicted octanol–water partition coefficient (Wildman–Crippen LogP) is 2.43. The van der Waals surface area contributed by atoms with E-state index in [0.717, 1.165) is 11.1 Å². The molecule has 3 aromatic heterocycles. The number of furan rings is 1. The number of hydrogen-bond donors (Lipinski definition) is 1. The number of carbonyl (C=O) groups is 1. The maximum absolute atomic E-state index is 12.7. The number of carbonyl (C=O) groups excluding carboxylic acids is 1. The summed E-state index contributed by atoms with van der Waals surface area (Å²) in [6.45, 7) is 3.55. The van der Waals surface area contributed by atoms with Gasteiger partial charge < -0.3 is 9.73 Å². The molecule has 1 amide bonds. The summed E-state index contributed by atoms with van der Waals surface area (Å²) in [6.07, 6.45) is 1.57. The highest BCUT2D eigenvalue weighted by atomic mass is 16.3. The van der Waals surface area contributed by atoms with Gasteiger partial charge in [0.15, 0.2) is 5.58 Å². The molecule has 1 N–H and O–H groups in total. The van der Waals surface area contributed by atoms with Gasteiger partial charge in [-0.1, -0.05) is 30.3 Å². The second kappa shape index (κ2) is 6.18.